The van der Waals surface area contributed by atoms with Crippen LogP contribution >= 0.6 is 24.0 Å². The third kappa shape index (κ3) is 6.03. The molecule has 1 atom stereocenters. The molecule has 24 heavy (non-hydrogen) atoms. The summed E-state index contributed by atoms with van der Waals surface area (Å²) < 4.78 is 5.51. The fourth-order valence-corrected chi connectivity index (χ4v) is 3.09. The van der Waals surface area contributed by atoms with Crippen molar-refractivity contribution in [3.8, 4) is 0 Å². The third-order valence-electron chi connectivity index (χ3n) is 4.85. The lowest BCUT2D eigenvalue weighted by Gasteiger charge is -2.41. The van der Waals surface area contributed by atoms with Gasteiger partial charge in [-0.05, 0) is 40.3 Å². The van der Waals surface area contributed by atoms with Crippen molar-refractivity contribution in [2.24, 2.45) is 4.99 Å². The van der Waals surface area contributed by atoms with Gasteiger partial charge in [0.2, 0.25) is 5.91 Å². The monoisotopic (exact) mass is 453 g/mol. The van der Waals surface area contributed by atoms with E-state index in [1.54, 1.807) is 0 Å². The van der Waals surface area contributed by atoms with Gasteiger partial charge in [-0.15, -0.1) is 24.0 Å². The summed E-state index contributed by atoms with van der Waals surface area (Å²) in [5.74, 6) is 0.972. The number of carbonyl (C=O) groups excluding carboxylic acids is 1. The molecule has 1 unspecified atom stereocenters. The number of amides is 1. The quantitative estimate of drug-likeness (QED) is 0.322. The van der Waals surface area contributed by atoms with Crippen LogP contribution in [0.4, 0.5) is 0 Å². The first kappa shape index (κ1) is 21.4. The Morgan fingerprint density at radius 2 is 2.12 bits per heavy atom. The van der Waals surface area contributed by atoms with Crippen molar-refractivity contribution < 1.29 is 9.53 Å². The predicted octanol–water partition coefficient (Wildman–Crippen LogP) is 0.549. The molecule has 0 aromatic rings. The summed E-state index contributed by atoms with van der Waals surface area (Å²) in [5.41, 5.74) is 0.0708. The number of carbonyl (C=O) groups is 1. The maximum atomic E-state index is 11.3. The number of hydrogen-bond acceptors (Lipinski definition) is 4. The average molecular weight is 453 g/mol. The molecular formula is C16H32IN5O2. The summed E-state index contributed by atoms with van der Waals surface area (Å²) in [4.78, 5) is 18.4. The number of nitrogens with one attached hydrogen (secondary N) is 3. The second-order valence-electron chi connectivity index (χ2n) is 6.61. The van der Waals surface area contributed by atoms with Crippen molar-refractivity contribution >= 4 is 35.8 Å². The second-order valence-corrected chi connectivity index (χ2v) is 6.61. The van der Waals surface area contributed by atoms with E-state index in [2.05, 4.69) is 41.9 Å². The molecule has 2 aliphatic heterocycles. The van der Waals surface area contributed by atoms with Gasteiger partial charge < -0.3 is 25.6 Å². The zero-order chi connectivity index (χ0) is 16.7. The molecule has 2 saturated heterocycles. The minimum Gasteiger partial charge on any atom is -0.381 e. The van der Waals surface area contributed by atoms with Gasteiger partial charge in [0.1, 0.15) is 0 Å². The first-order valence-corrected chi connectivity index (χ1v) is 8.62. The number of aliphatic imine (C=N–C) groups is 1. The normalized spacial score (nSPS) is 24.1. The number of piperidine rings is 1. The Morgan fingerprint density at radius 1 is 1.42 bits per heavy atom. The fraction of sp³-hybridized carbons (Fsp3) is 0.875. The summed E-state index contributed by atoms with van der Waals surface area (Å²) in [6.45, 7) is 5.89. The minimum absolute atomic E-state index is 0. The van der Waals surface area contributed by atoms with Crippen molar-refractivity contribution in [1.29, 1.82) is 0 Å². The highest BCUT2D eigenvalue weighted by molar-refractivity contribution is 14.0. The van der Waals surface area contributed by atoms with Gasteiger partial charge in [0.05, 0.1) is 6.54 Å². The van der Waals surface area contributed by atoms with Crippen molar-refractivity contribution in [3.63, 3.8) is 0 Å². The molecule has 0 spiro atoms. The lowest BCUT2D eigenvalue weighted by atomic mass is 9.89. The molecule has 0 aromatic carbocycles. The minimum atomic E-state index is 0. The van der Waals surface area contributed by atoms with Crippen molar-refractivity contribution in [1.82, 2.24) is 20.9 Å². The van der Waals surface area contributed by atoms with Gasteiger partial charge in [-0.3, -0.25) is 9.79 Å². The summed E-state index contributed by atoms with van der Waals surface area (Å²) in [7, 11) is 4.25. The van der Waals surface area contributed by atoms with E-state index in [4.69, 9.17) is 9.73 Å². The summed E-state index contributed by atoms with van der Waals surface area (Å²) in [5, 5.41) is 9.66. The van der Waals surface area contributed by atoms with Gasteiger partial charge in [-0.25, -0.2) is 0 Å². The molecule has 2 aliphatic rings. The summed E-state index contributed by atoms with van der Waals surface area (Å²) >= 11 is 0. The zero-order valence-electron chi connectivity index (χ0n) is 15.1. The number of halogens is 1. The van der Waals surface area contributed by atoms with Crippen molar-refractivity contribution in [2.75, 3.05) is 46.9 Å². The largest absolute Gasteiger partial charge is 0.381 e. The van der Waals surface area contributed by atoms with E-state index in [-0.39, 0.29) is 41.5 Å². The summed E-state index contributed by atoms with van der Waals surface area (Å²) in [6.07, 6.45) is 3.43. The van der Waals surface area contributed by atoms with Crippen LogP contribution in [0.5, 0.6) is 0 Å². The maximum absolute atomic E-state index is 11.3. The first-order chi connectivity index (χ1) is 11.1. The van der Waals surface area contributed by atoms with Gasteiger partial charge in [0.15, 0.2) is 5.96 Å². The van der Waals surface area contributed by atoms with Crippen molar-refractivity contribution in [3.05, 3.63) is 0 Å². The molecule has 2 fully saturated rings. The molecule has 0 saturated carbocycles. The maximum Gasteiger partial charge on any atom is 0.220 e. The summed E-state index contributed by atoms with van der Waals surface area (Å²) in [6, 6.07) is 0.246. The number of rotatable bonds is 5. The topological polar surface area (TPSA) is 78.0 Å². The van der Waals surface area contributed by atoms with E-state index in [1.165, 1.54) is 0 Å². The van der Waals surface area contributed by atoms with Crippen LogP contribution in [-0.4, -0.2) is 75.3 Å². The second kappa shape index (κ2) is 10.4. The molecule has 1 amide bonds. The lowest BCUT2D eigenvalue weighted by molar-refractivity contribution is -0.122. The molecular weight excluding hydrogens is 421 g/mol. The zero-order valence-corrected chi connectivity index (χ0v) is 17.4. The Hall–Kier alpha value is -0.610. The van der Waals surface area contributed by atoms with E-state index in [0.29, 0.717) is 13.0 Å². The molecule has 3 N–H and O–H groups in total. The van der Waals surface area contributed by atoms with Crippen LogP contribution in [0.3, 0.4) is 0 Å². The van der Waals surface area contributed by atoms with Gasteiger partial charge in [-0.2, -0.15) is 0 Å². The Balaban J connectivity index is 0.00000288. The van der Waals surface area contributed by atoms with Crippen LogP contribution in [-0.2, 0) is 9.53 Å². The molecule has 8 heteroatoms. The number of likely N-dealkylation sites (N-methyl/N-ethyl adjacent to an activating group) is 1. The van der Waals surface area contributed by atoms with Crippen LogP contribution in [0.2, 0.25) is 0 Å². The molecule has 0 aromatic heterocycles. The average Bonchev–Trinajstić information content (AvgIpc) is 2.55. The fourth-order valence-electron chi connectivity index (χ4n) is 3.09. The molecule has 2 heterocycles. The molecule has 0 aliphatic carbocycles. The molecule has 2 rings (SSSR count). The lowest BCUT2D eigenvalue weighted by Crippen LogP contribution is -2.53. The van der Waals surface area contributed by atoms with Crippen LogP contribution in [0, 0.1) is 0 Å². The van der Waals surface area contributed by atoms with Crippen LogP contribution in [0.1, 0.15) is 32.6 Å². The van der Waals surface area contributed by atoms with E-state index >= 15 is 0 Å². The van der Waals surface area contributed by atoms with Gasteiger partial charge in [0, 0.05) is 44.3 Å². The number of hydrogen-bond donors (Lipinski definition) is 3. The van der Waals surface area contributed by atoms with Crippen LogP contribution in [0.25, 0.3) is 0 Å². The molecule has 0 bridgehead atoms. The van der Waals surface area contributed by atoms with Crippen LogP contribution < -0.4 is 16.0 Å². The predicted molar refractivity (Wildman–Crippen MR) is 107 cm³/mol. The highest BCUT2D eigenvalue weighted by Gasteiger charge is 2.34. The smallest absolute Gasteiger partial charge is 0.220 e. The van der Waals surface area contributed by atoms with Gasteiger partial charge >= 0.3 is 0 Å². The van der Waals surface area contributed by atoms with E-state index in [0.717, 1.165) is 51.5 Å². The number of nitrogens with zero attached hydrogens (tertiary/aromatic N) is 2. The Bertz CT molecular complexity index is 415. The third-order valence-corrected chi connectivity index (χ3v) is 4.85. The molecule has 140 valence electrons. The highest BCUT2D eigenvalue weighted by atomic mass is 127. The molecule has 7 nitrogen and oxygen atoms in total. The van der Waals surface area contributed by atoms with E-state index in [1.807, 2.05) is 0 Å². The van der Waals surface area contributed by atoms with Gasteiger partial charge in [-0.1, -0.05) is 0 Å². The van der Waals surface area contributed by atoms with E-state index in [9.17, 15) is 4.79 Å². The highest BCUT2D eigenvalue weighted by Crippen LogP contribution is 2.26. The Kier molecular flexibility index (Phi) is 9.28. The van der Waals surface area contributed by atoms with E-state index < -0.39 is 0 Å². The first-order valence-electron chi connectivity index (χ1n) is 8.62. The number of ether oxygens (including phenoxy) is 1. The van der Waals surface area contributed by atoms with Crippen LogP contribution in [0.15, 0.2) is 4.99 Å². The standard InChI is InChI=1S/C16H31N5O2.HI/c1-4-17-15(20-13-5-6-14(22)18-11-13)19-12-16(21(2)3)7-9-23-10-8-16;/h13H,4-12H2,1-3H3,(H,18,22)(H2,17,19,20);1H. The Morgan fingerprint density at radius 3 is 2.67 bits per heavy atom. The number of guanidine groups is 1. The SMILES string of the molecule is CCNC(=NCC1(N(C)C)CCOCC1)NC1CCC(=O)NC1.I. The Labute approximate surface area is 162 Å². The van der Waals surface area contributed by atoms with Crippen molar-refractivity contribution in [2.45, 2.75) is 44.2 Å². The molecule has 0 radical (unpaired) electrons. The van der Waals surface area contributed by atoms with Gasteiger partial charge in [0.25, 0.3) is 0 Å².